The molecule has 0 unspecified atom stereocenters. The number of carbonyl (C=O) groups excluding carboxylic acids is 1. The lowest BCUT2D eigenvalue weighted by Crippen LogP contribution is -2.36. The Labute approximate surface area is 132 Å². The highest BCUT2D eigenvalue weighted by molar-refractivity contribution is 7.11. The SMILES string of the molecule is Cc1ccc(CN2CC[C@@H]3[C@@H]2CC(=O)N3c2ccsc2)s1. The van der Waals surface area contributed by atoms with Crippen LogP contribution in [0.15, 0.2) is 29.0 Å². The Morgan fingerprint density at radius 2 is 2.19 bits per heavy atom. The smallest absolute Gasteiger partial charge is 0.228 e. The molecule has 4 heterocycles. The van der Waals surface area contributed by atoms with Crippen LogP contribution in [0.4, 0.5) is 5.69 Å². The topological polar surface area (TPSA) is 23.6 Å². The number of anilines is 1. The lowest BCUT2D eigenvalue weighted by molar-refractivity contribution is -0.117. The molecule has 2 saturated heterocycles. The van der Waals surface area contributed by atoms with Crippen molar-refractivity contribution in [3.05, 3.63) is 38.7 Å². The van der Waals surface area contributed by atoms with Gasteiger partial charge in [-0.3, -0.25) is 9.69 Å². The van der Waals surface area contributed by atoms with Gasteiger partial charge in [0.15, 0.2) is 0 Å². The summed E-state index contributed by atoms with van der Waals surface area (Å²) >= 11 is 3.53. The number of carbonyl (C=O) groups is 1. The van der Waals surface area contributed by atoms with Crippen molar-refractivity contribution >= 4 is 34.3 Å². The molecule has 1 amide bonds. The Bertz CT molecular complexity index is 649. The summed E-state index contributed by atoms with van der Waals surface area (Å²) in [6.07, 6.45) is 1.77. The van der Waals surface area contributed by atoms with Crippen molar-refractivity contribution in [3.63, 3.8) is 0 Å². The lowest BCUT2D eigenvalue weighted by Gasteiger charge is -2.24. The van der Waals surface area contributed by atoms with Gasteiger partial charge >= 0.3 is 0 Å². The molecule has 2 aromatic rings. The number of fused-ring (bicyclic) bond motifs is 1. The molecule has 0 aromatic carbocycles. The lowest BCUT2D eigenvalue weighted by atomic mass is 10.1. The maximum absolute atomic E-state index is 12.4. The summed E-state index contributed by atoms with van der Waals surface area (Å²) in [5, 5.41) is 4.14. The number of rotatable bonds is 3. The highest BCUT2D eigenvalue weighted by atomic mass is 32.1. The van der Waals surface area contributed by atoms with E-state index in [9.17, 15) is 4.79 Å². The number of hydrogen-bond donors (Lipinski definition) is 0. The first-order valence-corrected chi connectivity index (χ1v) is 9.12. The molecule has 3 nitrogen and oxygen atoms in total. The van der Waals surface area contributed by atoms with E-state index < -0.39 is 0 Å². The number of amides is 1. The van der Waals surface area contributed by atoms with Crippen LogP contribution in [0.1, 0.15) is 22.6 Å². The quantitative estimate of drug-likeness (QED) is 0.865. The molecule has 4 rings (SSSR count). The third-order valence-electron chi connectivity index (χ3n) is 4.55. The Morgan fingerprint density at radius 1 is 1.29 bits per heavy atom. The first kappa shape index (κ1) is 13.5. The van der Waals surface area contributed by atoms with Gasteiger partial charge in [-0.15, -0.1) is 11.3 Å². The van der Waals surface area contributed by atoms with Crippen LogP contribution in [0.3, 0.4) is 0 Å². The van der Waals surface area contributed by atoms with Crippen LogP contribution in [0.5, 0.6) is 0 Å². The zero-order valence-electron chi connectivity index (χ0n) is 12.0. The van der Waals surface area contributed by atoms with Gasteiger partial charge in [0.25, 0.3) is 0 Å². The fourth-order valence-electron chi connectivity index (χ4n) is 3.62. The maximum atomic E-state index is 12.4. The summed E-state index contributed by atoms with van der Waals surface area (Å²) < 4.78 is 0. The van der Waals surface area contributed by atoms with Gasteiger partial charge in [-0.1, -0.05) is 0 Å². The summed E-state index contributed by atoms with van der Waals surface area (Å²) in [7, 11) is 0. The van der Waals surface area contributed by atoms with Crippen LogP contribution >= 0.6 is 22.7 Å². The van der Waals surface area contributed by atoms with E-state index in [1.54, 1.807) is 11.3 Å². The summed E-state index contributed by atoms with van der Waals surface area (Å²) in [4.78, 5) is 19.7. The van der Waals surface area contributed by atoms with E-state index in [1.165, 1.54) is 9.75 Å². The normalized spacial score (nSPS) is 25.8. The standard InChI is InChI=1S/C16H18N2OS2/c1-11-2-3-13(21-11)9-17-6-4-14-15(17)8-16(19)18(14)12-5-7-20-10-12/h2-3,5,7,10,14-15H,4,6,8-9H2,1H3/t14-,15+/m1/s1. The number of nitrogens with zero attached hydrogens (tertiary/aromatic N) is 2. The first-order valence-electron chi connectivity index (χ1n) is 7.36. The van der Waals surface area contributed by atoms with Crippen LogP contribution in [-0.4, -0.2) is 29.4 Å². The fourth-order valence-corrected chi connectivity index (χ4v) is 5.17. The molecule has 0 bridgehead atoms. The average Bonchev–Trinajstić information content (AvgIpc) is 3.18. The molecular formula is C16H18N2OS2. The summed E-state index contributed by atoms with van der Waals surface area (Å²) in [6.45, 7) is 4.24. The summed E-state index contributed by atoms with van der Waals surface area (Å²) in [6, 6.07) is 7.23. The number of thiophene rings is 2. The average molecular weight is 318 g/mol. The minimum absolute atomic E-state index is 0.287. The van der Waals surface area contributed by atoms with Gasteiger partial charge in [-0.2, -0.15) is 11.3 Å². The molecule has 2 aromatic heterocycles. The first-order chi connectivity index (χ1) is 10.2. The number of likely N-dealkylation sites (tertiary alicyclic amines) is 1. The van der Waals surface area contributed by atoms with E-state index in [0.717, 1.165) is 25.2 Å². The van der Waals surface area contributed by atoms with Crippen molar-refractivity contribution in [2.45, 2.75) is 38.4 Å². The fraction of sp³-hybridized carbons (Fsp3) is 0.438. The molecule has 2 aliphatic heterocycles. The monoisotopic (exact) mass is 318 g/mol. The van der Waals surface area contributed by atoms with E-state index in [-0.39, 0.29) is 5.91 Å². The minimum atomic E-state index is 0.287. The summed E-state index contributed by atoms with van der Waals surface area (Å²) in [5.74, 6) is 0.287. The maximum Gasteiger partial charge on any atom is 0.228 e. The van der Waals surface area contributed by atoms with Gasteiger partial charge in [-0.25, -0.2) is 0 Å². The predicted octanol–water partition coefficient (Wildman–Crippen LogP) is 3.50. The van der Waals surface area contributed by atoms with Gasteiger partial charge in [-0.05, 0) is 36.9 Å². The highest BCUT2D eigenvalue weighted by Crippen LogP contribution is 2.37. The van der Waals surface area contributed by atoms with Crippen LogP contribution in [0, 0.1) is 6.92 Å². The van der Waals surface area contributed by atoms with E-state index in [0.29, 0.717) is 18.5 Å². The van der Waals surface area contributed by atoms with Gasteiger partial charge in [0.2, 0.25) is 5.91 Å². The molecular weight excluding hydrogens is 300 g/mol. The molecule has 5 heteroatoms. The van der Waals surface area contributed by atoms with Crippen LogP contribution in [0.2, 0.25) is 0 Å². The van der Waals surface area contributed by atoms with Crippen LogP contribution < -0.4 is 4.90 Å². The molecule has 0 spiro atoms. The van der Waals surface area contributed by atoms with E-state index in [1.807, 2.05) is 16.2 Å². The van der Waals surface area contributed by atoms with Crippen molar-refractivity contribution in [1.29, 1.82) is 0 Å². The van der Waals surface area contributed by atoms with E-state index in [4.69, 9.17) is 0 Å². The Balaban J connectivity index is 1.53. The molecule has 0 N–H and O–H groups in total. The predicted molar refractivity (Wildman–Crippen MR) is 88.1 cm³/mol. The largest absolute Gasteiger partial charge is 0.307 e. The molecule has 2 fully saturated rings. The molecule has 110 valence electrons. The van der Waals surface area contributed by atoms with Gasteiger partial charge in [0.1, 0.15) is 0 Å². The zero-order valence-corrected chi connectivity index (χ0v) is 13.6. The van der Waals surface area contributed by atoms with E-state index >= 15 is 0 Å². The van der Waals surface area contributed by atoms with Crippen LogP contribution in [0.25, 0.3) is 0 Å². The second kappa shape index (κ2) is 5.23. The molecule has 21 heavy (non-hydrogen) atoms. The molecule has 0 radical (unpaired) electrons. The Hall–Kier alpha value is -1.17. The molecule has 2 atom stereocenters. The summed E-state index contributed by atoms with van der Waals surface area (Å²) in [5.41, 5.74) is 1.09. The van der Waals surface area contributed by atoms with E-state index in [2.05, 4.69) is 40.8 Å². The van der Waals surface area contributed by atoms with Crippen molar-refractivity contribution in [1.82, 2.24) is 4.90 Å². The second-order valence-corrected chi connectivity index (χ2v) is 8.01. The van der Waals surface area contributed by atoms with Crippen molar-refractivity contribution in [2.75, 3.05) is 11.4 Å². The van der Waals surface area contributed by atoms with Crippen molar-refractivity contribution < 1.29 is 4.79 Å². The van der Waals surface area contributed by atoms with Crippen molar-refractivity contribution in [3.8, 4) is 0 Å². The molecule has 0 saturated carbocycles. The van der Waals surface area contributed by atoms with Crippen LogP contribution in [-0.2, 0) is 11.3 Å². The van der Waals surface area contributed by atoms with Gasteiger partial charge in [0.05, 0.1) is 11.7 Å². The third kappa shape index (κ3) is 2.33. The Kier molecular flexibility index (Phi) is 3.36. The van der Waals surface area contributed by atoms with Gasteiger partial charge in [0, 0.05) is 40.7 Å². The van der Waals surface area contributed by atoms with Gasteiger partial charge < -0.3 is 4.90 Å². The number of hydrogen-bond acceptors (Lipinski definition) is 4. The molecule has 0 aliphatic carbocycles. The Morgan fingerprint density at radius 3 is 2.90 bits per heavy atom. The zero-order chi connectivity index (χ0) is 14.4. The molecule has 2 aliphatic rings. The minimum Gasteiger partial charge on any atom is -0.307 e. The third-order valence-corrected chi connectivity index (χ3v) is 6.20. The van der Waals surface area contributed by atoms with Crippen molar-refractivity contribution in [2.24, 2.45) is 0 Å². The highest BCUT2D eigenvalue weighted by Gasteiger charge is 2.47. The number of aryl methyl sites for hydroxylation is 1. The second-order valence-electron chi connectivity index (χ2n) is 5.86.